The van der Waals surface area contributed by atoms with Crippen molar-refractivity contribution >= 4 is 21.6 Å². The van der Waals surface area contributed by atoms with Gasteiger partial charge in [-0.3, -0.25) is 0 Å². The summed E-state index contributed by atoms with van der Waals surface area (Å²) in [5, 5.41) is 0.213. The molecule has 2 aromatic rings. The highest BCUT2D eigenvalue weighted by molar-refractivity contribution is 7.89. The van der Waals surface area contributed by atoms with Crippen LogP contribution >= 0.6 is 11.6 Å². The van der Waals surface area contributed by atoms with E-state index in [2.05, 4.69) is 0 Å². The molecule has 0 unspecified atom stereocenters. The van der Waals surface area contributed by atoms with Crippen molar-refractivity contribution < 1.29 is 17.9 Å². The molecule has 2 aromatic carbocycles. The van der Waals surface area contributed by atoms with E-state index in [4.69, 9.17) is 21.1 Å². The fourth-order valence-corrected chi connectivity index (χ4v) is 4.38. The second-order valence-corrected chi connectivity index (χ2v) is 7.59. The van der Waals surface area contributed by atoms with Crippen molar-refractivity contribution in [3.63, 3.8) is 0 Å². The minimum Gasteiger partial charge on any atom is -0.493 e. The smallest absolute Gasteiger partial charge is 0.244 e. The Balaban J connectivity index is 2.32. The first-order valence-electron chi connectivity index (χ1n) is 7.98. The summed E-state index contributed by atoms with van der Waals surface area (Å²) in [7, 11) is -2.14. The van der Waals surface area contributed by atoms with E-state index in [0.717, 1.165) is 5.56 Å². The van der Waals surface area contributed by atoms with Crippen LogP contribution in [0.2, 0.25) is 5.02 Å². The van der Waals surface area contributed by atoms with Crippen molar-refractivity contribution in [2.75, 3.05) is 20.3 Å². The van der Waals surface area contributed by atoms with Crippen LogP contribution in [0.15, 0.2) is 47.4 Å². The Kier molecular flexibility index (Phi) is 6.70. The van der Waals surface area contributed by atoms with Crippen LogP contribution in [0.1, 0.15) is 19.4 Å². The molecule has 0 aliphatic rings. The third kappa shape index (κ3) is 4.45. The van der Waals surface area contributed by atoms with E-state index in [1.807, 2.05) is 13.0 Å². The Labute approximate surface area is 154 Å². The summed E-state index contributed by atoms with van der Waals surface area (Å²) in [6.07, 6.45) is 0. The van der Waals surface area contributed by atoms with Gasteiger partial charge in [0.1, 0.15) is 4.90 Å². The maximum absolute atomic E-state index is 12.9. The van der Waals surface area contributed by atoms with Crippen molar-refractivity contribution in [3.05, 3.63) is 53.1 Å². The fraction of sp³-hybridized carbons (Fsp3) is 0.333. The third-order valence-corrected chi connectivity index (χ3v) is 6.11. The maximum Gasteiger partial charge on any atom is 0.244 e. The Morgan fingerprint density at radius 3 is 2.40 bits per heavy atom. The normalized spacial score (nSPS) is 11.6. The number of hydrogen-bond donors (Lipinski definition) is 0. The van der Waals surface area contributed by atoms with E-state index in [1.54, 1.807) is 44.4 Å². The molecule has 0 saturated carbocycles. The van der Waals surface area contributed by atoms with Crippen LogP contribution in [0.25, 0.3) is 0 Å². The molecule has 0 spiro atoms. The van der Waals surface area contributed by atoms with Gasteiger partial charge in [0.05, 0.1) is 18.7 Å². The highest BCUT2D eigenvalue weighted by Crippen LogP contribution is 2.30. The number of ether oxygens (including phenoxy) is 2. The summed E-state index contributed by atoms with van der Waals surface area (Å²) in [5.41, 5.74) is 0.804. The lowest BCUT2D eigenvalue weighted by Gasteiger charge is -2.22. The zero-order valence-electron chi connectivity index (χ0n) is 14.5. The first-order valence-corrected chi connectivity index (χ1v) is 9.80. The van der Waals surface area contributed by atoms with E-state index < -0.39 is 10.0 Å². The summed E-state index contributed by atoms with van der Waals surface area (Å²) in [6, 6.07) is 11.9. The van der Waals surface area contributed by atoms with Gasteiger partial charge in [-0.2, -0.15) is 4.31 Å². The molecule has 0 aliphatic carbocycles. The molecular weight excluding hydrogens is 362 g/mol. The van der Waals surface area contributed by atoms with Crippen LogP contribution < -0.4 is 9.47 Å². The predicted molar refractivity (Wildman–Crippen MR) is 98.9 cm³/mol. The van der Waals surface area contributed by atoms with Gasteiger partial charge in [-0.25, -0.2) is 8.42 Å². The number of halogens is 1. The summed E-state index contributed by atoms with van der Waals surface area (Å²) >= 11 is 6.07. The minimum absolute atomic E-state index is 0.108. The summed E-state index contributed by atoms with van der Waals surface area (Å²) in [5.74, 6) is 1.20. The van der Waals surface area contributed by atoms with Crippen LogP contribution in [0.4, 0.5) is 0 Å². The average molecular weight is 384 g/mol. The van der Waals surface area contributed by atoms with E-state index in [-0.39, 0.29) is 16.5 Å². The Bertz CT molecular complexity index is 824. The molecule has 0 aliphatic heterocycles. The van der Waals surface area contributed by atoms with E-state index in [0.29, 0.717) is 24.7 Å². The molecule has 136 valence electrons. The molecule has 25 heavy (non-hydrogen) atoms. The lowest BCUT2D eigenvalue weighted by molar-refractivity contribution is 0.310. The van der Waals surface area contributed by atoms with Crippen molar-refractivity contribution in [1.29, 1.82) is 0 Å². The number of benzene rings is 2. The lowest BCUT2D eigenvalue weighted by Crippen LogP contribution is -2.30. The van der Waals surface area contributed by atoms with Gasteiger partial charge in [-0.05, 0) is 36.8 Å². The largest absolute Gasteiger partial charge is 0.493 e. The van der Waals surface area contributed by atoms with Crippen LogP contribution in [-0.4, -0.2) is 33.0 Å². The molecule has 0 fully saturated rings. The number of hydrogen-bond acceptors (Lipinski definition) is 4. The van der Waals surface area contributed by atoms with Crippen molar-refractivity contribution in [2.24, 2.45) is 0 Å². The van der Waals surface area contributed by atoms with E-state index >= 15 is 0 Å². The molecule has 5 nitrogen and oxygen atoms in total. The van der Waals surface area contributed by atoms with Gasteiger partial charge in [0.25, 0.3) is 0 Å². The fourth-order valence-electron chi connectivity index (χ4n) is 2.45. The SMILES string of the molecule is CCOc1ccc(CN(CC)S(=O)(=O)c2ccccc2Cl)cc1OC. The lowest BCUT2D eigenvalue weighted by atomic mass is 10.2. The monoisotopic (exact) mass is 383 g/mol. The molecule has 0 radical (unpaired) electrons. The first-order chi connectivity index (χ1) is 11.9. The molecule has 2 rings (SSSR count). The Morgan fingerprint density at radius 1 is 1.08 bits per heavy atom. The molecule has 0 amide bonds. The summed E-state index contributed by atoms with van der Waals surface area (Å²) in [6.45, 7) is 4.75. The standard InChI is InChI=1S/C18H22ClNO4S/c1-4-20(25(21,22)18-9-7-6-8-15(18)19)13-14-10-11-16(24-5-2)17(12-14)23-3/h6-12H,4-5,13H2,1-3H3. The van der Waals surface area contributed by atoms with E-state index in [9.17, 15) is 8.42 Å². The van der Waals surface area contributed by atoms with Gasteiger partial charge in [-0.1, -0.05) is 36.7 Å². The van der Waals surface area contributed by atoms with Gasteiger partial charge >= 0.3 is 0 Å². The van der Waals surface area contributed by atoms with Crippen molar-refractivity contribution in [3.8, 4) is 11.5 Å². The maximum atomic E-state index is 12.9. The first kappa shape index (κ1) is 19.6. The van der Waals surface area contributed by atoms with Gasteiger partial charge in [0.15, 0.2) is 11.5 Å². The molecule has 0 heterocycles. The van der Waals surface area contributed by atoms with Crippen molar-refractivity contribution in [2.45, 2.75) is 25.3 Å². The van der Waals surface area contributed by atoms with Crippen LogP contribution in [0, 0.1) is 0 Å². The van der Waals surface area contributed by atoms with Gasteiger partial charge in [0, 0.05) is 13.1 Å². The molecule has 0 aromatic heterocycles. The minimum atomic E-state index is -3.69. The quantitative estimate of drug-likeness (QED) is 0.692. The second-order valence-electron chi connectivity index (χ2n) is 5.28. The number of rotatable bonds is 8. The number of sulfonamides is 1. The molecule has 0 saturated heterocycles. The summed E-state index contributed by atoms with van der Waals surface area (Å²) < 4.78 is 38.0. The van der Waals surface area contributed by atoms with E-state index in [1.165, 1.54) is 10.4 Å². The van der Waals surface area contributed by atoms with Crippen LogP contribution in [0.5, 0.6) is 11.5 Å². The second kappa shape index (κ2) is 8.56. The summed E-state index contributed by atoms with van der Waals surface area (Å²) in [4.78, 5) is 0.108. The Morgan fingerprint density at radius 2 is 1.80 bits per heavy atom. The topological polar surface area (TPSA) is 55.8 Å². The molecule has 0 bridgehead atoms. The van der Waals surface area contributed by atoms with Gasteiger partial charge < -0.3 is 9.47 Å². The van der Waals surface area contributed by atoms with Crippen LogP contribution in [0.3, 0.4) is 0 Å². The third-order valence-electron chi connectivity index (χ3n) is 3.69. The predicted octanol–water partition coefficient (Wildman–Crippen LogP) is 3.96. The highest BCUT2D eigenvalue weighted by atomic mass is 35.5. The van der Waals surface area contributed by atoms with Crippen molar-refractivity contribution in [1.82, 2.24) is 4.31 Å². The molecule has 0 atom stereocenters. The zero-order chi connectivity index (χ0) is 18.4. The van der Waals surface area contributed by atoms with Crippen LogP contribution in [-0.2, 0) is 16.6 Å². The van der Waals surface area contributed by atoms with Gasteiger partial charge in [0.2, 0.25) is 10.0 Å². The zero-order valence-corrected chi connectivity index (χ0v) is 16.1. The number of methoxy groups -OCH3 is 1. The number of nitrogens with zero attached hydrogens (tertiary/aromatic N) is 1. The van der Waals surface area contributed by atoms with Gasteiger partial charge in [-0.15, -0.1) is 0 Å². The molecule has 0 N–H and O–H groups in total. The highest BCUT2D eigenvalue weighted by Gasteiger charge is 2.25. The Hall–Kier alpha value is -1.76. The molecule has 7 heteroatoms. The average Bonchev–Trinajstić information content (AvgIpc) is 2.60. The molecular formula is C18H22ClNO4S.